The summed E-state index contributed by atoms with van der Waals surface area (Å²) in [6, 6.07) is 6.41. The highest BCUT2D eigenvalue weighted by Crippen LogP contribution is 2.32. The minimum absolute atomic E-state index is 0.224. The Morgan fingerprint density at radius 2 is 1.95 bits per heavy atom. The second-order valence-electron chi connectivity index (χ2n) is 5.74. The third-order valence-electron chi connectivity index (χ3n) is 4.26. The molecule has 2 N–H and O–H groups in total. The smallest absolute Gasteiger partial charge is 0.171 e. The first-order valence-electron chi connectivity index (χ1n) is 7.21. The van der Waals surface area contributed by atoms with Gasteiger partial charge in [0.1, 0.15) is 0 Å². The predicted molar refractivity (Wildman–Crippen MR) is 86.8 cm³/mol. The van der Waals surface area contributed by atoms with Gasteiger partial charge < -0.3 is 10.6 Å². The molecule has 0 radical (unpaired) electrons. The Morgan fingerprint density at radius 1 is 1.26 bits per heavy atom. The largest absolute Gasteiger partial charge is 0.357 e. The van der Waals surface area contributed by atoms with E-state index < -0.39 is 0 Å². The molecule has 0 unspecified atom stereocenters. The highest BCUT2D eigenvalue weighted by Gasteiger charge is 2.32. The van der Waals surface area contributed by atoms with Crippen LogP contribution in [0, 0.1) is 13.8 Å². The molecule has 104 valence electrons. The van der Waals surface area contributed by atoms with Gasteiger partial charge in [0.05, 0.1) is 0 Å². The third kappa shape index (κ3) is 3.47. The molecule has 0 bridgehead atoms. The van der Waals surface area contributed by atoms with Crippen LogP contribution in [0.4, 0.5) is 5.69 Å². The van der Waals surface area contributed by atoms with Gasteiger partial charge in [-0.1, -0.05) is 31.9 Å². The predicted octanol–water partition coefficient (Wildman–Crippen LogP) is 4.31. The topological polar surface area (TPSA) is 24.1 Å². The second kappa shape index (κ2) is 5.91. The lowest BCUT2D eigenvalue weighted by atomic mass is 9.94. The van der Waals surface area contributed by atoms with E-state index in [2.05, 4.69) is 49.6 Å². The zero-order valence-corrected chi connectivity index (χ0v) is 13.0. The number of thiocarbonyl (C=S) groups is 1. The van der Waals surface area contributed by atoms with E-state index in [1.54, 1.807) is 0 Å². The summed E-state index contributed by atoms with van der Waals surface area (Å²) in [5.41, 5.74) is 3.82. The van der Waals surface area contributed by atoms with Crippen molar-refractivity contribution in [2.45, 2.75) is 58.4 Å². The standard InChI is InChI=1S/C16H24N2S/c1-4-16(9-5-6-10-16)18-15(19)17-14-11-12(2)7-8-13(14)3/h7-8,11H,4-6,9-10H2,1-3H3,(H2,17,18,19). The monoisotopic (exact) mass is 276 g/mol. The maximum atomic E-state index is 5.49. The minimum Gasteiger partial charge on any atom is -0.357 e. The Bertz CT molecular complexity index is 462. The molecule has 0 aromatic heterocycles. The molecule has 0 aliphatic heterocycles. The Labute approximate surface area is 122 Å². The Morgan fingerprint density at radius 3 is 2.58 bits per heavy atom. The van der Waals surface area contributed by atoms with Crippen molar-refractivity contribution >= 4 is 23.0 Å². The van der Waals surface area contributed by atoms with E-state index >= 15 is 0 Å². The zero-order valence-electron chi connectivity index (χ0n) is 12.2. The van der Waals surface area contributed by atoms with Crippen molar-refractivity contribution in [3.05, 3.63) is 29.3 Å². The molecule has 1 aromatic carbocycles. The number of anilines is 1. The summed E-state index contributed by atoms with van der Waals surface area (Å²) in [4.78, 5) is 0. The van der Waals surface area contributed by atoms with Gasteiger partial charge in [0.2, 0.25) is 0 Å². The average Bonchev–Trinajstić information content (AvgIpc) is 2.83. The Kier molecular flexibility index (Phi) is 4.46. The van der Waals surface area contributed by atoms with Crippen LogP contribution in [0.25, 0.3) is 0 Å². The van der Waals surface area contributed by atoms with Crippen molar-refractivity contribution < 1.29 is 0 Å². The SMILES string of the molecule is CCC1(NC(=S)Nc2cc(C)ccc2C)CCCC1. The summed E-state index contributed by atoms with van der Waals surface area (Å²) in [6.45, 7) is 6.46. The second-order valence-corrected chi connectivity index (χ2v) is 6.15. The lowest BCUT2D eigenvalue weighted by molar-refractivity contribution is 0.378. The molecular formula is C16H24N2S. The molecule has 2 nitrogen and oxygen atoms in total. The van der Waals surface area contributed by atoms with Crippen LogP contribution in [-0.4, -0.2) is 10.7 Å². The molecule has 0 saturated heterocycles. The normalized spacial score (nSPS) is 17.2. The number of aryl methyl sites for hydroxylation is 2. The Hall–Kier alpha value is -1.09. The van der Waals surface area contributed by atoms with Gasteiger partial charge in [-0.05, 0) is 62.5 Å². The number of rotatable bonds is 3. The van der Waals surface area contributed by atoms with Crippen molar-refractivity contribution in [2.75, 3.05) is 5.32 Å². The summed E-state index contributed by atoms with van der Waals surface area (Å²) in [7, 11) is 0. The molecule has 0 amide bonds. The van der Waals surface area contributed by atoms with E-state index in [-0.39, 0.29) is 5.54 Å². The van der Waals surface area contributed by atoms with Crippen molar-refractivity contribution in [3.8, 4) is 0 Å². The van der Waals surface area contributed by atoms with Crippen LogP contribution >= 0.6 is 12.2 Å². The van der Waals surface area contributed by atoms with E-state index in [0.717, 1.165) is 17.2 Å². The van der Waals surface area contributed by atoms with Crippen molar-refractivity contribution in [1.82, 2.24) is 5.32 Å². The van der Waals surface area contributed by atoms with E-state index in [9.17, 15) is 0 Å². The maximum Gasteiger partial charge on any atom is 0.171 e. The first-order valence-corrected chi connectivity index (χ1v) is 7.62. The lowest BCUT2D eigenvalue weighted by Gasteiger charge is -2.30. The third-order valence-corrected chi connectivity index (χ3v) is 4.46. The van der Waals surface area contributed by atoms with Gasteiger partial charge in [0, 0.05) is 11.2 Å². The first-order chi connectivity index (χ1) is 9.04. The van der Waals surface area contributed by atoms with Gasteiger partial charge in [-0.2, -0.15) is 0 Å². The molecule has 0 spiro atoms. The molecule has 3 heteroatoms. The van der Waals surface area contributed by atoms with Gasteiger partial charge in [0.25, 0.3) is 0 Å². The van der Waals surface area contributed by atoms with E-state index in [1.807, 2.05) is 0 Å². The molecule has 2 rings (SSSR count). The number of nitrogens with one attached hydrogen (secondary N) is 2. The van der Waals surface area contributed by atoms with Crippen LogP contribution in [0.15, 0.2) is 18.2 Å². The van der Waals surface area contributed by atoms with Gasteiger partial charge >= 0.3 is 0 Å². The summed E-state index contributed by atoms with van der Waals surface area (Å²) < 4.78 is 0. The molecule has 1 saturated carbocycles. The van der Waals surface area contributed by atoms with Gasteiger partial charge in [-0.3, -0.25) is 0 Å². The molecule has 1 aliphatic carbocycles. The molecule has 1 aromatic rings. The summed E-state index contributed by atoms with van der Waals surface area (Å²) >= 11 is 5.49. The molecule has 19 heavy (non-hydrogen) atoms. The maximum absolute atomic E-state index is 5.49. The molecule has 1 aliphatic rings. The van der Waals surface area contributed by atoms with Crippen LogP contribution < -0.4 is 10.6 Å². The average molecular weight is 276 g/mol. The highest BCUT2D eigenvalue weighted by atomic mass is 32.1. The van der Waals surface area contributed by atoms with E-state index in [4.69, 9.17) is 12.2 Å². The Balaban J connectivity index is 2.03. The van der Waals surface area contributed by atoms with Gasteiger partial charge in [-0.25, -0.2) is 0 Å². The van der Waals surface area contributed by atoms with Crippen LogP contribution in [0.3, 0.4) is 0 Å². The fourth-order valence-electron chi connectivity index (χ4n) is 2.88. The van der Waals surface area contributed by atoms with Crippen molar-refractivity contribution in [1.29, 1.82) is 0 Å². The molecule has 0 heterocycles. The summed E-state index contributed by atoms with van der Waals surface area (Å²) in [6.07, 6.45) is 6.23. The van der Waals surface area contributed by atoms with Gasteiger partial charge in [-0.15, -0.1) is 0 Å². The van der Waals surface area contributed by atoms with E-state index in [0.29, 0.717) is 0 Å². The minimum atomic E-state index is 0.224. The van der Waals surface area contributed by atoms with Gasteiger partial charge in [0.15, 0.2) is 5.11 Å². The highest BCUT2D eigenvalue weighted by molar-refractivity contribution is 7.80. The van der Waals surface area contributed by atoms with E-state index in [1.165, 1.54) is 36.8 Å². The van der Waals surface area contributed by atoms with Crippen molar-refractivity contribution in [3.63, 3.8) is 0 Å². The summed E-state index contributed by atoms with van der Waals surface area (Å²) in [5.74, 6) is 0. The zero-order chi connectivity index (χ0) is 13.9. The lowest BCUT2D eigenvalue weighted by Crippen LogP contribution is -2.47. The molecule has 1 fully saturated rings. The first kappa shape index (κ1) is 14.3. The van der Waals surface area contributed by atoms with Crippen LogP contribution in [0.5, 0.6) is 0 Å². The fraction of sp³-hybridized carbons (Fsp3) is 0.562. The quantitative estimate of drug-likeness (QED) is 0.804. The number of hydrogen-bond acceptors (Lipinski definition) is 1. The fourth-order valence-corrected chi connectivity index (χ4v) is 3.21. The molecule has 0 atom stereocenters. The summed E-state index contributed by atoms with van der Waals surface area (Å²) in [5, 5.41) is 7.68. The number of benzene rings is 1. The van der Waals surface area contributed by atoms with Crippen molar-refractivity contribution in [2.24, 2.45) is 0 Å². The van der Waals surface area contributed by atoms with Crippen LogP contribution in [0.1, 0.15) is 50.2 Å². The van der Waals surface area contributed by atoms with Crippen LogP contribution in [-0.2, 0) is 0 Å². The molecular weight excluding hydrogens is 252 g/mol. The van der Waals surface area contributed by atoms with Crippen LogP contribution in [0.2, 0.25) is 0 Å². The number of hydrogen-bond donors (Lipinski definition) is 2.